The number of carbonyl (C=O) groups excluding carboxylic acids is 1. The second kappa shape index (κ2) is 8.73. The Hall–Kier alpha value is -3.41. The summed E-state index contributed by atoms with van der Waals surface area (Å²) >= 11 is 0. The molecule has 1 N–H and O–H groups in total. The van der Waals surface area contributed by atoms with E-state index in [1.807, 2.05) is 60.7 Å². The van der Waals surface area contributed by atoms with Crippen LogP contribution in [0.25, 0.3) is 11.3 Å². The van der Waals surface area contributed by atoms with E-state index in [1.54, 1.807) is 13.4 Å². The Morgan fingerprint density at radius 2 is 1.90 bits per heavy atom. The van der Waals surface area contributed by atoms with Crippen LogP contribution in [0.4, 0.5) is 11.5 Å². The highest BCUT2D eigenvalue weighted by Crippen LogP contribution is 2.28. The molecule has 0 bridgehead atoms. The highest BCUT2D eigenvalue weighted by atomic mass is 16.5. The van der Waals surface area contributed by atoms with Gasteiger partial charge in [-0.2, -0.15) is 0 Å². The smallest absolute Gasteiger partial charge is 0.229 e. The molecule has 2 heterocycles. The van der Waals surface area contributed by atoms with Crippen LogP contribution in [0.5, 0.6) is 5.75 Å². The lowest BCUT2D eigenvalue weighted by molar-refractivity contribution is -0.120. The summed E-state index contributed by atoms with van der Waals surface area (Å²) in [5.74, 6) is 1.42. The minimum absolute atomic E-state index is 0.0107. The SMILES string of the molecule is COc1ccccc1NC(=O)C1CCCN(c2cc(-c3ccccc3)ncn2)C1. The fourth-order valence-corrected chi connectivity index (χ4v) is 3.67. The van der Waals surface area contributed by atoms with E-state index in [-0.39, 0.29) is 11.8 Å². The third-order valence-electron chi connectivity index (χ3n) is 5.20. The van der Waals surface area contributed by atoms with Crippen molar-refractivity contribution in [3.05, 3.63) is 67.0 Å². The molecule has 0 aliphatic carbocycles. The number of hydrogen-bond donors (Lipinski definition) is 1. The van der Waals surface area contributed by atoms with Gasteiger partial charge in [-0.15, -0.1) is 0 Å². The monoisotopic (exact) mass is 388 g/mol. The van der Waals surface area contributed by atoms with E-state index in [0.29, 0.717) is 18.0 Å². The Morgan fingerprint density at radius 3 is 2.72 bits per heavy atom. The van der Waals surface area contributed by atoms with E-state index in [1.165, 1.54) is 0 Å². The van der Waals surface area contributed by atoms with Crippen molar-refractivity contribution in [1.82, 2.24) is 9.97 Å². The summed E-state index contributed by atoms with van der Waals surface area (Å²) in [7, 11) is 1.60. The number of methoxy groups -OCH3 is 1. The maximum absolute atomic E-state index is 12.9. The minimum atomic E-state index is -0.108. The van der Waals surface area contributed by atoms with Gasteiger partial charge in [0.05, 0.1) is 24.4 Å². The average Bonchev–Trinajstić information content (AvgIpc) is 2.80. The number of carbonyl (C=O) groups is 1. The van der Waals surface area contributed by atoms with Crippen LogP contribution in [0.2, 0.25) is 0 Å². The van der Waals surface area contributed by atoms with Gasteiger partial charge in [0.1, 0.15) is 17.9 Å². The number of amides is 1. The molecule has 1 fully saturated rings. The predicted octanol–water partition coefficient (Wildman–Crippen LogP) is 4.01. The molecule has 0 spiro atoms. The van der Waals surface area contributed by atoms with Crippen LogP contribution < -0.4 is 15.0 Å². The molecule has 3 aromatic rings. The first-order valence-electron chi connectivity index (χ1n) is 9.81. The lowest BCUT2D eigenvalue weighted by Gasteiger charge is -2.33. The molecule has 148 valence electrons. The molecular formula is C23H24N4O2. The summed E-state index contributed by atoms with van der Waals surface area (Å²) in [6.07, 6.45) is 3.39. The molecule has 1 unspecified atom stereocenters. The molecule has 1 saturated heterocycles. The van der Waals surface area contributed by atoms with Crippen molar-refractivity contribution in [3.8, 4) is 17.0 Å². The number of hydrogen-bond acceptors (Lipinski definition) is 5. The molecule has 0 radical (unpaired) electrons. The maximum Gasteiger partial charge on any atom is 0.229 e. The molecular weight excluding hydrogens is 364 g/mol. The Bertz CT molecular complexity index is 977. The van der Waals surface area contributed by atoms with Gasteiger partial charge in [0.15, 0.2) is 0 Å². The van der Waals surface area contributed by atoms with Crippen molar-refractivity contribution in [2.45, 2.75) is 12.8 Å². The number of benzene rings is 2. The fourth-order valence-electron chi connectivity index (χ4n) is 3.67. The highest BCUT2D eigenvalue weighted by molar-refractivity contribution is 5.94. The number of ether oxygens (including phenoxy) is 1. The van der Waals surface area contributed by atoms with Gasteiger partial charge in [-0.05, 0) is 25.0 Å². The Morgan fingerprint density at radius 1 is 1.10 bits per heavy atom. The zero-order chi connectivity index (χ0) is 20.1. The Kier molecular flexibility index (Phi) is 5.70. The summed E-state index contributed by atoms with van der Waals surface area (Å²) in [5.41, 5.74) is 2.64. The first kappa shape index (κ1) is 18.9. The zero-order valence-electron chi connectivity index (χ0n) is 16.4. The lowest BCUT2D eigenvalue weighted by Crippen LogP contribution is -2.41. The normalized spacial score (nSPS) is 16.3. The molecule has 1 atom stereocenters. The van der Waals surface area contributed by atoms with Crippen molar-refractivity contribution in [1.29, 1.82) is 0 Å². The molecule has 1 aromatic heterocycles. The Labute approximate surface area is 170 Å². The summed E-state index contributed by atoms with van der Waals surface area (Å²) in [5, 5.41) is 3.02. The van der Waals surface area contributed by atoms with Crippen LogP contribution in [0, 0.1) is 5.92 Å². The van der Waals surface area contributed by atoms with Gasteiger partial charge in [0.25, 0.3) is 0 Å². The van der Waals surface area contributed by atoms with Crippen LogP contribution in [0.3, 0.4) is 0 Å². The van der Waals surface area contributed by atoms with Crippen LogP contribution in [0.15, 0.2) is 67.0 Å². The highest BCUT2D eigenvalue weighted by Gasteiger charge is 2.27. The fraction of sp³-hybridized carbons (Fsp3) is 0.261. The molecule has 2 aromatic carbocycles. The molecule has 6 nitrogen and oxygen atoms in total. The number of nitrogens with one attached hydrogen (secondary N) is 1. The van der Waals surface area contributed by atoms with Crippen LogP contribution >= 0.6 is 0 Å². The van der Waals surface area contributed by atoms with Crippen LogP contribution in [-0.2, 0) is 4.79 Å². The van der Waals surface area contributed by atoms with E-state index in [4.69, 9.17) is 4.74 Å². The van der Waals surface area contributed by atoms with Gasteiger partial charge >= 0.3 is 0 Å². The molecule has 1 aliphatic rings. The molecule has 1 amide bonds. The maximum atomic E-state index is 12.9. The van der Waals surface area contributed by atoms with Crippen molar-refractivity contribution in [3.63, 3.8) is 0 Å². The van der Waals surface area contributed by atoms with Gasteiger partial charge in [0.2, 0.25) is 5.91 Å². The van der Waals surface area contributed by atoms with Crippen molar-refractivity contribution < 1.29 is 9.53 Å². The summed E-state index contributed by atoms with van der Waals surface area (Å²) in [4.78, 5) is 23.9. The molecule has 1 aliphatic heterocycles. The summed E-state index contributed by atoms with van der Waals surface area (Å²) in [6, 6.07) is 19.5. The van der Waals surface area contributed by atoms with E-state index in [0.717, 1.165) is 36.5 Å². The number of rotatable bonds is 5. The minimum Gasteiger partial charge on any atom is -0.495 e. The molecule has 29 heavy (non-hydrogen) atoms. The van der Waals surface area contributed by atoms with Gasteiger partial charge in [-0.25, -0.2) is 9.97 Å². The number of para-hydroxylation sites is 2. The third kappa shape index (κ3) is 4.37. The standard InChI is InChI=1S/C23H24N4O2/c1-29-21-12-6-5-11-19(21)26-23(28)18-10-7-13-27(15-18)22-14-20(24-16-25-22)17-8-3-2-4-9-17/h2-6,8-9,11-12,14,16,18H,7,10,13,15H2,1H3,(H,26,28). The summed E-state index contributed by atoms with van der Waals surface area (Å²) in [6.45, 7) is 1.51. The van der Waals surface area contributed by atoms with Crippen molar-refractivity contribution in [2.75, 3.05) is 30.4 Å². The lowest BCUT2D eigenvalue weighted by atomic mass is 9.97. The Balaban J connectivity index is 1.48. The van der Waals surface area contributed by atoms with Crippen molar-refractivity contribution >= 4 is 17.4 Å². The molecule has 6 heteroatoms. The van der Waals surface area contributed by atoms with E-state index in [9.17, 15) is 4.79 Å². The van der Waals surface area contributed by atoms with Gasteiger partial charge < -0.3 is 15.0 Å². The topological polar surface area (TPSA) is 67.3 Å². The van der Waals surface area contributed by atoms with E-state index >= 15 is 0 Å². The average molecular weight is 388 g/mol. The van der Waals surface area contributed by atoms with Crippen LogP contribution in [0.1, 0.15) is 12.8 Å². The molecule has 4 rings (SSSR count). The largest absolute Gasteiger partial charge is 0.495 e. The third-order valence-corrected chi connectivity index (χ3v) is 5.20. The number of aromatic nitrogens is 2. The van der Waals surface area contributed by atoms with Gasteiger partial charge in [-0.1, -0.05) is 42.5 Å². The van der Waals surface area contributed by atoms with Crippen LogP contribution in [-0.4, -0.2) is 36.1 Å². The van der Waals surface area contributed by atoms with E-state index in [2.05, 4.69) is 20.2 Å². The first-order chi connectivity index (χ1) is 14.2. The predicted molar refractivity (Wildman–Crippen MR) is 114 cm³/mol. The summed E-state index contributed by atoms with van der Waals surface area (Å²) < 4.78 is 5.34. The quantitative estimate of drug-likeness (QED) is 0.715. The zero-order valence-corrected chi connectivity index (χ0v) is 16.4. The molecule has 0 saturated carbocycles. The van der Waals surface area contributed by atoms with Gasteiger partial charge in [-0.3, -0.25) is 4.79 Å². The number of nitrogens with zero attached hydrogens (tertiary/aromatic N) is 3. The van der Waals surface area contributed by atoms with Gasteiger partial charge in [0, 0.05) is 24.7 Å². The first-order valence-corrected chi connectivity index (χ1v) is 9.81. The second-order valence-corrected chi connectivity index (χ2v) is 7.10. The number of anilines is 2. The number of piperidine rings is 1. The van der Waals surface area contributed by atoms with E-state index < -0.39 is 0 Å². The second-order valence-electron chi connectivity index (χ2n) is 7.10. The van der Waals surface area contributed by atoms with Crippen molar-refractivity contribution in [2.24, 2.45) is 5.92 Å².